The summed E-state index contributed by atoms with van der Waals surface area (Å²) < 4.78 is 5.11. The molecule has 1 saturated carbocycles. The summed E-state index contributed by atoms with van der Waals surface area (Å²) in [6, 6.07) is 5.79. The summed E-state index contributed by atoms with van der Waals surface area (Å²) in [5.74, 6) is -0.329. The highest BCUT2D eigenvalue weighted by Gasteiger charge is 2.22. The Morgan fingerprint density at radius 3 is 2.71 bits per heavy atom. The molecule has 1 aromatic carbocycles. The van der Waals surface area contributed by atoms with E-state index in [2.05, 4.69) is 5.32 Å². The van der Waals surface area contributed by atoms with Gasteiger partial charge in [-0.15, -0.1) is 0 Å². The molecule has 0 radical (unpaired) electrons. The maximum absolute atomic E-state index is 11.7. The van der Waals surface area contributed by atoms with E-state index in [1.807, 2.05) is 19.9 Å². The minimum absolute atomic E-state index is 0.118. The SMILES string of the molecule is CC(C)OC(=O)c1ccc(NC2CC2)c(N)c1. The summed E-state index contributed by atoms with van der Waals surface area (Å²) in [4.78, 5) is 11.7. The fourth-order valence-corrected chi connectivity index (χ4v) is 1.55. The molecule has 0 bridgehead atoms. The van der Waals surface area contributed by atoms with Gasteiger partial charge in [0.1, 0.15) is 0 Å². The largest absolute Gasteiger partial charge is 0.459 e. The summed E-state index contributed by atoms with van der Waals surface area (Å²) in [5.41, 5.74) is 7.88. The quantitative estimate of drug-likeness (QED) is 0.620. The molecule has 4 nitrogen and oxygen atoms in total. The Bertz CT molecular complexity index is 425. The van der Waals surface area contributed by atoms with E-state index in [4.69, 9.17) is 10.5 Å². The van der Waals surface area contributed by atoms with Crippen LogP contribution in [0.5, 0.6) is 0 Å². The Labute approximate surface area is 101 Å². The Balaban J connectivity index is 2.09. The van der Waals surface area contributed by atoms with Crippen molar-refractivity contribution >= 4 is 17.3 Å². The molecule has 2 rings (SSSR count). The summed E-state index contributed by atoms with van der Waals surface area (Å²) >= 11 is 0. The van der Waals surface area contributed by atoms with Crippen LogP contribution in [0.25, 0.3) is 0 Å². The lowest BCUT2D eigenvalue weighted by Gasteiger charge is -2.11. The van der Waals surface area contributed by atoms with Crippen molar-refractivity contribution in [1.29, 1.82) is 0 Å². The van der Waals surface area contributed by atoms with Crippen molar-refractivity contribution in [3.63, 3.8) is 0 Å². The highest BCUT2D eigenvalue weighted by molar-refractivity contribution is 5.92. The molecule has 17 heavy (non-hydrogen) atoms. The van der Waals surface area contributed by atoms with Gasteiger partial charge in [0, 0.05) is 6.04 Å². The van der Waals surface area contributed by atoms with E-state index in [1.165, 1.54) is 12.8 Å². The lowest BCUT2D eigenvalue weighted by atomic mass is 10.1. The fraction of sp³-hybridized carbons (Fsp3) is 0.462. The van der Waals surface area contributed by atoms with Crippen LogP contribution in [0.15, 0.2) is 18.2 Å². The number of ether oxygens (including phenoxy) is 1. The van der Waals surface area contributed by atoms with Gasteiger partial charge in [-0.3, -0.25) is 0 Å². The third-order valence-corrected chi connectivity index (χ3v) is 2.57. The average molecular weight is 234 g/mol. The predicted octanol–water partition coefficient (Wildman–Crippen LogP) is 2.41. The number of nitrogens with two attached hydrogens (primary N) is 1. The van der Waals surface area contributed by atoms with Gasteiger partial charge in [0.25, 0.3) is 0 Å². The topological polar surface area (TPSA) is 64.3 Å². The minimum atomic E-state index is -0.329. The van der Waals surface area contributed by atoms with Gasteiger partial charge < -0.3 is 15.8 Å². The highest BCUT2D eigenvalue weighted by atomic mass is 16.5. The minimum Gasteiger partial charge on any atom is -0.459 e. The van der Waals surface area contributed by atoms with Crippen LogP contribution in [0.1, 0.15) is 37.0 Å². The summed E-state index contributed by atoms with van der Waals surface area (Å²) in [6.45, 7) is 3.65. The average Bonchev–Trinajstić information content (AvgIpc) is 3.04. The highest BCUT2D eigenvalue weighted by Crippen LogP contribution is 2.28. The second-order valence-electron chi connectivity index (χ2n) is 4.67. The number of rotatable bonds is 4. The lowest BCUT2D eigenvalue weighted by Crippen LogP contribution is -2.12. The molecule has 0 heterocycles. The maximum Gasteiger partial charge on any atom is 0.338 e. The summed E-state index contributed by atoms with van der Waals surface area (Å²) in [6.07, 6.45) is 2.26. The zero-order chi connectivity index (χ0) is 12.4. The van der Waals surface area contributed by atoms with Crippen LogP contribution < -0.4 is 11.1 Å². The standard InChI is InChI=1S/C13H18N2O2/c1-8(2)17-13(16)9-3-6-12(11(14)7-9)15-10-4-5-10/h3,6-8,10,15H,4-5,14H2,1-2H3. The van der Waals surface area contributed by atoms with Crippen molar-refractivity contribution < 1.29 is 9.53 Å². The van der Waals surface area contributed by atoms with Gasteiger partial charge in [0.05, 0.1) is 23.0 Å². The third-order valence-electron chi connectivity index (χ3n) is 2.57. The predicted molar refractivity (Wildman–Crippen MR) is 68.1 cm³/mol. The Morgan fingerprint density at radius 1 is 1.47 bits per heavy atom. The molecule has 0 aromatic heterocycles. The van der Waals surface area contributed by atoms with Gasteiger partial charge in [-0.25, -0.2) is 4.79 Å². The molecule has 0 unspecified atom stereocenters. The van der Waals surface area contributed by atoms with Gasteiger partial charge in [-0.1, -0.05) is 0 Å². The number of hydrogen-bond acceptors (Lipinski definition) is 4. The summed E-state index contributed by atoms with van der Waals surface area (Å²) in [7, 11) is 0. The van der Waals surface area contributed by atoms with E-state index in [0.717, 1.165) is 5.69 Å². The fourth-order valence-electron chi connectivity index (χ4n) is 1.55. The van der Waals surface area contributed by atoms with Crippen LogP contribution >= 0.6 is 0 Å². The summed E-state index contributed by atoms with van der Waals surface area (Å²) in [5, 5.41) is 3.31. The first-order chi connectivity index (χ1) is 8.06. The molecular weight excluding hydrogens is 216 g/mol. The molecule has 1 aliphatic carbocycles. The number of hydrogen-bond donors (Lipinski definition) is 2. The van der Waals surface area contributed by atoms with Crippen LogP contribution in [-0.2, 0) is 4.74 Å². The van der Waals surface area contributed by atoms with E-state index >= 15 is 0 Å². The van der Waals surface area contributed by atoms with Crippen molar-refractivity contribution in [2.45, 2.75) is 38.8 Å². The number of esters is 1. The van der Waals surface area contributed by atoms with Crippen molar-refractivity contribution in [3.8, 4) is 0 Å². The second kappa shape index (κ2) is 4.65. The van der Waals surface area contributed by atoms with E-state index in [0.29, 0.717) is 17.3 Å². The van der Waals surface area contributed by atoms with Crippen LogP contribution in [0, 0.1) is 0 Å². The lowest BCUT2D eigenvalue weighted by molar-refractivity contribution is 0.0378. The van der Waals surface area contributed by atoms with E-state index in [1.54, 1.807) is 12.1 Å². The number of carbonyl (C=O) groups is 1. The second-order valence-corrected chi connectivity index (χ2v) is 4.67. The van der Waals surface area contributed by atoms with Gasteiger partial charge in [0.2, 0.25) is 0 Å². The number of nitrogen functional groups attached to an aromatic ring is 1. The van der Waals surface area contributed by atoms with Crippen LogP contribution in [0.3, 0.4) is 0 Å². The van der Waals surface area contributed by atoms with E-state index < -0.39 is 0 Å². The first kappa shape index (κ1) is 11.8. The zero-order valence-corrected chi connectivity index (χ0v) is 10.2. The van der Waals surface area contributed by atoms with Gasteiger partial charge in [-0.05, 0) is 44.9 Å². The number of nitrogens with one attached hydrogen (secondary N) is 1. The zero-order valence-electron chi connectivity index (χ0n) is 10.2. The third kappa shape index (κ3) is 3.12. The molecule has 0 spiro atoms. The normalized spacial score (nSPS) is 14.8. The van der Waals surface area contributed by atoms with Gasteiger partial charge in [0.15, 0.2) is 0 Å². The Hall–Kier alpha value is -1.71. The van der Waals surface area contributed by atoms with Crippen LogP contribution in [0.2, 0.25) is 0 Å². The molecule has 1 fully saturated rings. The van der Waals surface area contributed by atoms with E-state index in [9.17, 15) is 4.79 Å². The molecule has 1 aliphatic rings. The van der Waals surface area contributed by atoms with Crippen molar-refractivity contribution in [2.24, 2.45) is 0 Å². The van der Waals surface area contributed by atoms with Crippen molar-refractivity contribution in [3.05, 3.63) is 23.8 Å². The van der Waals surface area contributed by atoms with Crippen LogP contribution in [0.4, 0.5) is 11.4 Å². The van der Waals surface area contributed by atoms with Crippen molar-refractivity contribution in [2.75, 3.05) is 11.1 Å². The molecule has 0 atom stereocenters. The van der Waals surface area contributed by atoms with Crippen LogP contribution in [-0.4, -0.2) is 18.1 Å². The van der Waals surface area contributed by atoms with Gasteiger partial charge in [-0.2, -0.15) is 0 Å². The Kier molecular flexibility index (Phi) is 3.22. The molecule has 4 heteroatoms. The molecule has 0 saturated heterocycles. The first-order valence-corrected chi connectivity index (χ1v) is 5.93. The number of anilines is 2. The smallest absolute Gasteiger partial charge is 0.338 e. The molecule has 0 amide bonds. The number of carbonyl (C=O) groups excluding carboxylic acids is 1. The van der Waals surface area contributed by atoms with E-state index in [-0.39, 0.29) is 12.1 Å². The number of benzene rings is 1. The molecular formula is C13H18N2O2. The molecule has 0 aliphatic heterocycles. The van der Waals surface area contributed by atoms with Crippen molar-refractivity contribution in [1.82, 2.24) is 0 Å². The molecule has 1 aromatic rings. The maximum atomic E-state index is 11.7. The monoisotopic (exact) mass is 234 g/mol. The Morgan fingerprint density at radius 2 is 2.18 bits per heavy atom. The first-order valence-electron chi connectivity index (χ1n) is 5.93. The van der Waals surface area contributed by atoms with Gasteiger partial charge >= 0.3 is 5.97 Å². The molecule has 3 N–H and O–H groups in total. The molecule has 92 valence electrons.